The van der Waals surface area contributed by atoms with Crippen LogP contribution >= 0.6 is 23.2 Å². The monoisotopic (exact) mass is 384 g/mol. The van der Waals surface area contributed by atoms with Crippen molar-refractivity contribution in [1.82, 2.24) is 15.2 Å². The highest BCUT2D eigenvalue weighted by molar-refractivity contribution is 6.35. The predicted molar refractivity (Wildman–Crippen MR) is 103 cm³/mol. The Morgan fingerprint density at radius 2 is 1.88 bits per heavy atom. The molecular weight excluding hydrogens is 371 g/mol. The van der Waals surface area contributed by atoms with E-state index in [-0.39, 0.29) is 0 Å². The van der Waals surface area contributed by atoms with E-state index in [0.717, 1.165) is 11.3 Å². The van der Waals surface area contributed by atoms with Crippen molar-refractivity contribution in [3.05, 3.63) is 69.8 Å². The maximum atomic E-state index is 8.83. The van der Waals surface area contributed by atoms with Crippen LogP contribution < -0.4 is 10.6 Å². The number of hydrogen-bond donors (Lipinski definition) is 2. The van der Waals surface area contributed by atoms with E-state index in [4.69, 9.17) is 28.5 Å². The number of nitrogens with one attached hydrogen (secondary N) is 2. The third kappa shape index (κ3) is 4.82. The van der Waals surface area contributed by atoms with Crippen LogP contribution in [-0.4, -0.2) is 21.7 Å². The molecule has 0 amide bonds. The first-order valence-corrected chi connectivity index (χ1v) is 8.54. The van der Waals surface area contributed by atoms with Crippen molar-refractivity contribution in [2.45, 2.75) is 6.42 Å². The molecule has 0 bridgehead atoms. The Balaban J connectivity index is 1.59. The summed E-state index contributed by atoms with van der Waals surface area (Å²) >= 11 is 12.1. The number of rotatable bonds is 6. The molecule has 0 aliphatic carbocycles. The topological polar surface area (TPSA) is 86.5 Å². The highest BCUT2D eigenvalue weighted by atomic mass is 35.5. The third-order valence-electron chi connectivity index (χ3n) is 3.54. The molecule has 0 saturated heterocycles. The summed E-state index contributed by atoms with van der Waals surface area (Å²) < 4.78 is 0. The third-order valence-corrected chi connectivity index (χ3v) is 4.12. The van der Waals surface area contributed by atoms with Crippen LogP contribution in [0.1, 0.15) is 11.1 Å². The molecule has 2 aromatic carbocycles. The molecule has 3 rings (SSSR count). The van der Waals surface area contributed by atoms with E-state index < -0.39 is 0 Å². The molecule has 0 fully saturated rings. The van der Waals surface area contributed by atoms with Crippen LogP contribution in [0.3, 0.4) is 0 Å². The fourth-order valence-corrected chi connectivity index (χ4v) is 2.75. The molecule has 0 aliphatic rings. The second-order valence-corrected chi connectivity index (χ2v) is 6.24. The van der Waals surface area contributed by atoms with E-state index in [9.17, 15) is 0 Å². The van der Waals surface area contributed by atoms with Crippen LogP contribution in [-0.2, 0) is 6.42 Å². The minimum absolute atomic E-state index is 0.411. The van der Waals surface area contributed by atoms with E-state index in [1.807, 2.05) is 12.1 Å². The summed E-state index contributed by atoms with van der Waals surface area (Å²) in [5.41, 5.74) is 2.39. The molecule has 0 spiro atoms. The molecule has 0 atom stereocenters. The van der Waals surface area contributed by atoms with Gasteiger partial charge in [-0.25, -0.2) is 0 Å². The van der Waals surface area contributed by atoms with E-state index >= 15 is 0 Å². The van der Waals surface area contributed by atoms with Gasteiger partial charge in [0.05, 0.1) is 17.8 Å². The van der Waals surface area contributed by atoms with Crippen LogP contribution in [0.25, 0.3) is 0 Å². The van der Waals surface area contributed by atoms with Gasteiger partial charge in [0.1, 0.15) is 0 Å². The lowest BCUT2D eigenvalue weighted by molar-refractivity contribution is 0.929. The van der Waals surface area contributed by atoms with Crippen LogP contribution in [0.2, 0.25) is 10.0 Å². The van der Waals surface area contributed by atoms with Crippen molar-refractivity contribution in [2.24, 2.45) is 0 Å². The molecule has 1 heterocycles. The van der Waals surface area contributed by atoms with Crippen molar-refractivity contribution in [3.63, 3.8) is 0 Å². The van der Waals surface area contributed by atoms with E-state index in [1.165, 1.54) is 6.20 Å². The van der Waals surface area contributed by atoms with Crippen LogP contribution in [0.5, 0.6) is 0 Å². The van der Waals surface area contributed by atoms with Crippen molar-refractivity contribution >= 4 is 40.7 Å². The average molecular weight is 385 g/mol. The Morgan fingerprint density at radius 1 is 1.08 bits per heavy atom. The molecule has 2 N–H and O–H groups in total. The molecule has 0 aliphatic heterocycles. The zero-order valence-electron chi connectivity index (χ0n) is 13.6. The number of nitriles is 1. The van der Waals surface area contributed by atoms with Gasteiger partial charge in [-0.05, 0) is 48.4 Å². The quantitative estimate of drug-likeness (QED) is 0.652. The van der Waals surface area contributed by atoms with Crippen LogP contribution in [0, 0.1) is 11.3 Å². The Hall–Kier alpha value is -2.88. The number of aromatic nitrogens is 3. The van der Waals surface area contributed by atoms with Gasteiger partial charge in [-0.3, -0.25) is 0 Å². The lowest BCUT2D eigenvalue weighted by Gasteiger charge is -2.08. The second kappa shape index (κ2) is 8.48. The molecule has 0 radical (unpaired) electrons. The maximum absolute atomic E-state index is 8.83. The van der Waals surface area contributed by atoms with E-state index in [2.05, 4.69) is 31.9 Å². The smallest absolute Gasteiger partial charge is 0.244 e. The standard InChI is InChI=1S/C18H14Cl2N6/c19-14-4-3-13(16(20)9-14)7-8-22-18-25-17(11-23-26-18)24-15-5-1-12(10-21)2-6-15/h1-6,9,11H,7-8H2,(H2,22,24,25,26). The summed E-state index contributed by atoms with van der Waals surface area (Å²) in [6.07, 6.45) is 2.23. The second-order valence-electron chi connectivity index (χ2n) is 5.39. The summed E-state index contributed by atoms with van der Waals surface area (Å²) in [6, 6.07) is 14.6. The Bertz CT molecular complexity index is 937. The number of halogens is 2. The largest absolute Gasteiger partial charge is 0.353 e. The molecule has 130 valence electrons. The average Bonchev–Trinajstić information content (AvgIpc) is 2.64. The summed E-state index contributed by atoms with van der Waals surface area (Å²) in [6.45, 7) is 0.601. The molecule has 0 unspecified atom stereocenters. The van der Waals surface area contributed by atoms with Crippen LogP contribution in [0.15, 0.2) is 48.7 Å². The molecule has 6 nitrogen and oxygen atoms in total. The normalized spacial score (nSPS) is 10.2. The zero-order chi connectivity index (χ0) is 18.4. The molecule has 8 heteroatoms. The van der Waals surface area contributed by atoms with Gasteiger partial charge in [0.25, 0.3) is 0 Å². The van der Waals surface area contributed by atoms with Gasteiger partial charge in [0.15, 0.2) is 5.82 Å². The van der Waals surface area contributed by atoms with Gasteiger partial charge in [-0.2, -0.15) is 15.3 Å². The number of hydrogen-bond acceptors (Lipinski definition) is 6. The van der Waals surface area contributed by atoms with Crippen molar-refractivity contribution in [2.75, 3.05) is 17.2 Å². The summed E-state index contributed by atoms with van der Waals surface area (Å²) in [5.74, 6) is 0.963. The molecule has 3 aromatic rings. The fourth-order valence-electron chi connectivity index (χ4n) is 2.25. The summed E-state index contributed by atoms with van der Waals surface area (Å²) in [4.78, 5) is 4.36. The van der Waals surface area contributed by atoms with Crippen molar-refractivity contribution in [1.29, 1.82) is 5.26 Å². The molecule has 0 saturated carbocycles. The highest BCUT2D eigenvalue weighted by Crippen LogP contribution is 2.21. The van der Waals surface area contributed by atoms with Gasteiger partial charge in [0.2, 0.25) is 5.95 Å². The van der Waals surface area contributed by atoms with Gasteiger partial charge >= 0.3 is 0 Å². The molecule has 26 heavy (non-hydrogen) atoms. The first-order valence-electron chi connectivity index (χ1n) is 7.79. The number of nitrogens with zero attached hydrogens (tertiary/aromatic N) is 4. The van der Waals surface area contributed by atoms with E-state index in [1.54, 1.807) is 30.3 Å². The van der Waals surface area contributed by atoms with E-state index in [0.29, 0.717) is 40.3 Å². The van der Waals surface area contributed by atoms with Crippen molar-refractivity contribution < 1.29 is 0 Å². The van der Waals surface area contributed by atoms with Crippen LogP contribution in [0.4, 0.5) is 17.5 Å². The minimum atomic E-state index is 0.411. The lowest BCUT2D eigenvalue weighted by atomic mass is 10.1. The maximum Gasteiger partial charge on any atom is 0.244 e. The fraction of sp³-hybridized carbons (Fsp3) is 0.111. The number of benzene rings is 2. The minimum Gasteiger partial charge on any atom is -0.353 e. The first kappa shape index (κ1) is 17.9. The summed E-state index contributed by atoms with van der Waals surface area (Å²) in [7, 11) is 0. The van der Waals surface area contributed by atoms with Gasteiger partial charge in [-0.1, -0.05) is 29.3 Å². The Labute approximate surface area is 160 Å². The van der Waals surface area contributed by atoms with Crippen molar-refractivity contribution in [3.8, 4) is 6.07 Å². The Morgan fingerprint density at radius 3 is 2.62 bits per heavy atom. The highest BCUT2D eigenvalue weighted by Gasteiger charge is 2.04. The molecular formula is C18H14Cl2N6. The predicted octanol–water partition coefficient (Wildman–Crippen LogP) is 4.45. The SMILES string of the molecule is N#Cc1ccc(Nc2cnnc(NCCc3ccc(Cl)cc3Cl)n2)cc1. The van der Waals surface area contributed by atoms with Gasteiger partial charge < -0.3 is 10.6 Å². The van der Waals surface area contributed by atoms with Gasteiger partial charge in [0, 0.05) is 22.3 Å². The van der Waals surface area contributed by atoms with Gasteiger partial charge in [-0.15, -0.1) is 5.10 Å². The zero-order valence-corrected chi connectivity index (χ0v) is 15.1. The Kier molecular flexibility index (Phi) is 5.84. The summed E-state index contributed by atoms with van der Waals surface area (Å²) in [5, 5.41) is 24.2. The first-order chi connectivity index (χ1) is 12.6. The number of anilines is 3. The lowest BCUT2D eigenvalue weighted by Crippen LogP contribution is -2.10. The molecule has 1 aromatic heterocycles.